The van der Waals surface area contributed by atoms with Gasteiger partial charge in [0.2, 0.25) is 8.32 Å². The molecule has 0 unspecified atom stereocenters. The van der Waals surface area contributed by atoms with Crippen molar-refractivity contribution in [2.75, 3.05) is 20.1 Å². The number of nitrogens with one attached hydrogen (secondary N) is 2. The monoisotopic (exact) mass is 453 g/mol. The van der Waals surface area contributed by atoms with E-state index in [-0.39, 0.29) is 24.7 Å². The molecule has 1 saturated heterocycles. The van der Waals surface area contributed by atoms with Crippen LogP contribution in [0.4, 0.5) is 9.59 Å². The molecule has 1 aromatic rings. The highest BCUT2D eigenvalue weighted by atomic mass is 28.4. The van der Waals surface area contributed by atoms with Gasteiger partial charge < -0.3 is 19.8 Å². The molecule has 31 heavy (non-hydrogen) atoms. The first-order valence-corrected chi connectivity index (χ1v) is 13.0. The van der Waals surface area contributed by atoms with Crippen LogP contribution in [0.5, 0.6) is 0 Å². The Labute approximate surface area is 181 Å². The highest BCUT2D eigenvalue weighted by Crippen LogP contribution is 2.43. The van der Waals surface area contributed by atoms with Gasteiger partial charge in [-0.25, -0.2) is 9.59 Å². The number of hydrogen-bond donors (Lipinski definition) is 4. The number of carbonyl (C=O) groups excluding carboxylic acids is 1. The van der Waals surface area contributed by atoms with Gasteiger partial charge in [0.15, 0.2) is 0 Å². The summed E-state index contributed by atoms with van der Waals surface area (Å²) in [6, 6.07) is -1.73. The van der Waals surface area contributed by atoms with Crippen molar-refractivity contribution in [3.05, 3.63) is 17.5 Å². The molecule has 2 aliphatic heterocycles. The topological polar surface area (TPSA) is 145 Å². The Morgan fingerprint density at radius 1 is 1.42 bits per heavy atom. The molecule has 3 rings (SSSR count). The minimum Gasteiger partial charge on any atom is -0.465 e. The normalized spacial score (nSPS) is 21.4. The van der Waals surface area contributed by atoms with Crippen LogP contribution < -0.4 is 10.8 Å². The van der Waals surface area contributed by atoms with Crippen molar-refractivity contribution in [3.8, 4) is 0 Å². The average Bonchev–Trinajstić information content (AvgIpc) is 3.19. The fraction of sp³-hybridized carbons (Fsp3) is 0.667. The first-order valence-electron chi connectivity index (χ1n) is 10.1. The lowest BCUT2D eigenvalue weighted by Gasteiger charge is -2.38. The van der Waals surface area contributed by atoms with E-state index in [4.69, 9.17) is 9.63 Å². The molecule has 0 radical (unpaired) electrons. The predicted molar refractivity (Wildman–Crippen MR) is 114 cm³/mol. The second-order valence-electron chi connectivity index (χ2n) is 9.21. The first kappa shape index (κ1) is 23.0. The molecular weight excluding hydrogens is 422 g/mol. The van der Waals surface area contributed by atoms with E-state index in [1.807, 2.05) is 0 Å². The molecule has 0 aliphatic carbocycles. The lowest BCUT2D eigenvalue weighted by Crippen LogP contribution is -2.50. The van der Waals surface area contributed by atoms with Crippen molar-refractivity contribution in [1.29, 1.82) is 0 Å². The number of urea groups is 1. The molecule has 0 aromatic carbocycles. The van der Waals surface area contributed by atoms with Gasteiger partial charge in [-0.2, -0.15) is 10.2 Å². The zero-order valence-electron chi connectivity index (χ0n) is 18.7. The maximum absolute atomic E-state index is 12.7. The molecule has 2 bridgehead atoms. The molecule has 0 saturated carbocycles. The maximum atomic E-state index is 12.7. The molecule has 0 spiro atoms. The number of fused-ring (bicyclic) bond motifs is 4. The van der Waals surface area contributed by atoms with Crippen LogP contribution in [0.3, 0.4) is 0 Å². The number of aromatic nitrogens is 2. The van der Waals surface area contributed by atoms with E-state index >= 15 is 0 Å². The van der Waals surface area contributed by atoms with Gasteiger partial charge in [-0.3, -0.25) is 20.4 Å². The van der Waals surface area contributed by atoms with Gasteiger partial charge in [-0.1, -0.05) is 20.8 Å². The fourth-order valence-electron chi connectivity index (χ4n) is 3.45. The first-order chi connectivity index (χ1) is 14.4. The quantitative estimate of drug-likeness (QED) is 0.169. The van der Waals surface area contributed by atoms with Crippen LogP contribution in [-0.4, -0.2) is 76.5 Å². The van der Waals surface area contributed by atoms with Crippen molar-refractivity contribution in [2.24, 2.45) is 4.99 Å². The van der Waals surface area contributed by atoms with Gasteiger partial charge in [-0.05, 0) is 18.1 Å². The zero-order valence-corrected chi connectivity index (χ0v) is 19.7. The smallest absolute Gasteiger partial charge is 0.404 e. The van der Waals surface area contributed by atoms with E-state index < -0.39 is 32.5 Å². The summed E-state index contributed by atoms with van der Waals surface area (Å²) in [6.45, 7) is 11.2. The Balaban J connectivity index is 1.94. The van der Waals surface area contributed by atoms with Crippen LogP contribution >= 0.6 is 0 Å². The molecule has 2 aliphatic rings. The number of amides is 3. The highest BCUT2D eigenvalue weighted by Gasteiger charge is 2.51. The Morgan fingerprint density at radius 3 is 2.68 bits per heavy atom. The summed E-state index contributed by atoms with van der Waals surface area (Å²) in [6.07, 6.45) is 0.480. The molecule has 13 heteroatoms. The number of rotatable bonds is 6. The van der Waals surface area contributed by atoms with Crippen molar-refractivity contribution < 1.29 is 24.4 Å². The summed E-state index contributed by atoms with van der Waals surface area (Å²) in [5.41, 5.74) is 4.36. The predicted octanol–water partition coefficient (Wildman–Crippen LogP) is 1.93. The molecular formula is C18H31N7O5Si. The van der Waals surface area contributed by atoms with Gasteiger partial charge in [0, 0.05) is 19.2 Å². The summed E-state index contributed by atoms with van der Waals surface area (Å²) < 4.78 is 7.78. The molecule has 3 amide bonds. The molecule has 2 atom stereocenters. The lowest BCUT2D eigenvalue weighted by atomic mass is 9.97. The maximum Gasteiger partial charge on any atom is 0.404 e. The SMILES string of the molecule is CN=C(NO[Si](C)(C)C(C)(C)C)[C@@H]1c2c(cnn2CCNC(=O)O)[C@@H]2CN1C(=O)N2O. The minimum absolute atomic E-state index is 0.0443. The van der Waals surface area contributed by atoms with E-state index in [1.165, 1.54) is 4.90 Å². The van der Waals surface area contributed by atoms with Crippen LogP contribution in [-0.2, 0) is 11.1 Å². The lowest BCUT2D eigenvalue weighted by molar-refractivity contribution is -0.0586. The van der Waals surface area contributed by atoms with Crippen LogP contribution in [0.15, 0.2) is 11.2 Å². The molecule has 3 heterocycles. The number of amidine groups is 1. The Kier molecular flexibility index (Phi) is 6.04. The second-order valence-corrected chi connectivity index (χ2v) is 13.9. The standard InChI is InChI=1S/C18H31N7O5Si/c1-18(2,3)31(5,6)30-22-15(19-4)14-13-11(12-10-23(14)17(28)25(12)29)9-21-24(13)8-7-20-16(26)27/h9,12,14,20,29H,7-8,10H2,1-6H3,(H,19,22)(H,26,27)/t12-,14-/m0/s1. The Morgan fingerprint density at radius 2 is 2.10 bits per heavy atom. The summed E-state index contributed by atoms with van der Waals surface area (Å²) in [4.78, 5) is 29.4. The van der Waals surface area contributed by atoms with E-state index in [0.717, 1.165) is 0 Å². The number of nitrogens with zero attached hydrogens (tertiary/aromatic N) is 5. The molecule has 1 aromatic heterocycles. The van der Waals surface area contributed by atoms with Crippen molar-refractivity contribution >= 4 is 26.3 Å². The van der Waals surface area contributed by atoms with E-state index in [2.05, 4.69) is 54.8 Å². The van der Waals surface area contributed by atoms with Gasteiger partial charge in [0.1, 0.15) is 17.9 Å². The number of carbonyl (C=O) groups is 2. The number of hydrogen-bond acceptors (Lipinski definition) is 6. The summed E-state index contributed by atoms with van der Waals surface area (Å²) in [7, 11) is -0.571. The van der Waals surface area contributed by atoms with Crippen molar-refractivity contribution in [3.63, 3.8) is 0 Å². The molecule has 172 valence electrons. The van der Waals surface area contributed by atoms with Gasteiger partial charge in [0.25, 0.3) is 0 Å². The van der Waals surface area contributed by atoms with Gasteiger partial charge in [0.05, 0.1) is 25.0 Å². The summed E-state index contributed by atoms with van der Waals surface area (Å²) in [5, 5.41) is 26.6. The van der Waals surface area contributed by atoms with Crippen LogP contribution in [0.1, 0.15) is 44.1 Å². The Hall–Kier alpha value is -2.64. The van der Waals surface area contributed by atoms with Gasteiger partial charge in [-0.15, -0.1) is 0 Å². The van der Waals surface area contributed by atoms with Crippen LogP contribution in [0.2, 0.25) is 18.1 Å². The fourth-order valence-corrected chi connectivity index (χ4v) is 4.11. The largest absolute Gasteiger partial charge is 0.465 e. The highest BCUT2D eigenvalue weighted by molar-refractivity contribution is 6.74. The molecule has 1 fully saturated rings. The number of hydroxylamine groups is 3. The number of aliphatic imine (C=N–C) groups is 1. The third-order valence-electron chi connectivity index (χ3n) is 6.26. The molecule has 4 N–H and O–H groups in total. The average molecular weight is 454 g/mol. The number of carboxylic acid groups (broad SMARTS) is 1. The second kappa shape index (κ2) is 8.13. The third kappa shape index (κ3) is 4.12. The van der Waals surface area contributed by atoms with Crippen LogP contribution in [0.25, 0.3) is 0 Å². The van der Waals surface area contributed by atoms with Gasteiger partial charge >= 0.3 is 12.1 Å². The summed E-state index contributed by atoms with van der Waals surface area (Å²) in [5.74, 6) is 0.418. The minimum atomic E-state index is -2.18. The Bertz CT molecular complexity index is 894. The van der Waals surface area contributed by atoms with E-state index in [1.54, 1.807) is 17.9 Å². The van der Waals surface area contributed by atoms with Crippen molar-refractivity contribution in [2.45, 2.75) is 57.5 Å². The zero-order chi connectivity index (χ0) is 23.1. The van der Waals surface area contributed by atoms with Crippen LogP contribution in [0, 0.1) is 0 Å². The van der Waals surface area contributed by atoms with E-state index in [9.17, 15) is 14.8 Å². The third-order valence-corrected chi connectivity index (χ3v) is 10.5. The van der Waals surface area contributed by atoms with Crippen molar-refractivity contribution in [1.82, 2.24) is 30.5 Å². The summed E-state index contributed by atoms with van der Waals surface area (Å²) >= 11 is 0. The molecule has 12 nitrogen and oxygen atoms in total. The van der Waals surface area contributed by atoms with E-state index in [0.29, 0.717) is 22.2 Å².